The molecular formula is C16H27N3O2. The highest BCUT2D eigenvalue weighted by molar-refractivity contribution is 5.76. The van der Waals surface area contributed by atoms with E-state index in [9.17, 15) is 4.79 Å². The van der Waals surface area contributed by atoms with E-state index >= 15 is 0 Å². The fourth-order valence-corrected chi connectivity index (χ4v) is 1.83. The molecule has 0 spiro atoms. The van der Waals surface area contributed by atoms with Crippen molar-refractivity contribution < 1.29 is 9.53 Å². The second-order valence-electron chi connectivity index (χ2n) is 5.27. The van der Waals surface area contributed by atoms with Gasteiger partial charge in [-0.3, -0.25) is 4.79 Å². The first kappa shape index (κ1) is 17.3. The number of anilines is 1. The van der Waals surface area contributed by atoms with Crippen molar-refractivity contribution in [2.24, 2.45) is 5.73 Å². The molecule has 0 radical (unpaired) electrons. The van der Waals surface area contributed by atoms with Crippen LogP contribution in [0.25, 0.3) is 0 Å². The number of nitrogens with two attached hydrogens (primary N) is 1. The lowest BCUT2D eigenvalue weighted by atomic mass is 10.2. The van der Waals surface area contributed by atoms with Crippen LogP contribution in [0, 0.1) is 0 Å². The normalized spacial score (nSPS) is 10.5. The molecule has 1 aromatic rings. The molecule has 0 aliphatic carbocycles. The van der Waals surface area contributed by atoms with Gasteiger partial charge in [-0.15, -0.1) is 0 Å². The third-order valence-corrected chi connectivity index (χ3v) is 2.86. The van der Waals surface area contributed by atoms with Gasteiger partial charge in [0.1, 0.15) is 5.75 Å². The molecule has 5 nitrogen and oxygen atoms in total. The summed E-state index contributed by atoms with van der Waals surface area (Å²) in [6, 6.07) is 7.94. The first-order chi connectivity index (χ1) is 10.1. The zero-order chi connectivity index (χ0) is 15.5. The van der Waals surface area contributed by atoms with Gasteiger partial charge in [0, 0.05) is 18.3 Å². The molecule has 0 fully saturated rings. The Labute approximate surface area is 127 Å². The highest BCUT2D eigenvalue weighted by Crippen LogP contribution is 2.15. The molecule has 0 aliphatic rings. The summed E-state index contributed by atoms with van der Waals surface area (Å²) in [5.74, 6) is 0.794. The molecule has 0 bridgehead atoms. The number of benzene rings is 1. The van der Waals surface area contributed by atoms with Gasteiger partial charge in [0.15, 0.2) is 0 Å². The largest absolute Gasteiger partial charge is 0.493 e. The van der Waals surface area contributed by atoms with Gasteiger partial charge < -0.3 is 21.1 Å². The molecule has 5 heteroatoms. The van der Waals surface area contributed by atoms with Crippen molar-refractivity contribution in [2.75, 3.05) is 25.0 Å². The molecule has 4 N–H and O–H groups in total. The van der Waals surface area contributed by atoms with Gasteiger partial charge in [-0.2, -0.15) is 0 Å². The fourth-order valence-electron chi connectivity index (χ4n) is 1.83. The van der Waals surface area contributed by atoms with Crippen molar-refractivity contribution in [3.8, 4) is 5.75 Å². The minimum atomic E-state index is 0.0168. The number of carbonyl (C=O) groups excluding carboxylic acids is 1. The summed E-state index contributed by atoms with van der Waals surface area (Å²) in [5, 5.41) is 6.16. The summed E-state index contributed by atoms with van der Waals surface area (Å²) < 4.78 is 5.55. The predicted octanol–water partition coefficient (Wildman–Crippen LogP) is 2.13. The Morgan fingerprint density at radius 2 is 1.95 bits per heavy atom. The van der Waals surface area contributed by atoms with Crippen LogP contribution < -0.4 is 21.1 Å². The monoisotopic (exact) mass is 293 g/mol. The maximum Gasteiger partial charge on any atom is 0.223 e. The van der Waals surface area contributed by atoms with Crippen LogP contribution in [0.2, 0.25) is 0 Å². The van der Waals surface area contributed by atoms with E-state index < -0.39 is 0 Å². The van der Waals surface area contributed by atoms with Crippen molar-refractivity contribution in [1.82, 2.24) is 5.32 Å². The third kappa shape index (κ3) is 8.19. The Kier molecular flexibility index (Phi) is 8.28. The molecule has 0 saturated heterocycles. The van der Waals surface area contributed by atoms with E-state index in [1.54, 1.807) is 0 Å². The average Bonchev–Trinajstić information content (AvgIpc) is 2.44. The summed E-state index contributed by atoms with van der Waals surface area (Å²) in [6.45, 7) is 5.93. The molecule has 0 aliphatic heterocycles. The van der Waals surface area contributed by atoms with Crippen molar-refractivity contribution in [3.05, 3.63) is 24.3 Å². The molecule has 1 aromatic carbocycles. The predicted molar refractivity (Wildman–Crippen MR) is 86.6 cm³/mol. The number of rotatable bonds is 10. The topological polar surface area (TPSA) is 76.4 Å². The van der Waals surface area contributed by atoms with Crippen molar-refractivity contribution in [3.63, 3.8) is 0 Å². The Hall–Kier alpha value is -1.75. The molecule has 1 amide bonds. The van der Waals surface area contributed by atoms with Crippen LogP contribution in [-0.2, 0) is 4.79 Å². The molecule has 1 rings (SSSR count). The van der Waals surface area contributed by atoms with Crippen LogP contribution in [0.5, 0.6) is 5.75 Å². The van der Waals surface area contributed by atoms with E-state index in [0.29, 0.717) is 13.0 Å². The number of hydrogen-bond acceptors (Lipinski definition) is 4. The fraction of sp³-hybridized carbons (Fsp3) is 0.562. The van der Waals surface area contributed by atoms with Gasteiger partial charge in [0.05, 0.1) is 13.0 Å². The molecule has 0 heterocycles. The van der Waals surface area contributed by atoms with E-state index in [4.69, 9.17) is 10.5 Å². The second-order valence-corrected chi connectivity index (χ2v) is 5.27. The van der Waals surface area contributed by atoms with E-state index in [1.165, 1.54) is 0 Å². The van der Waals surface area contributed by atoms with Gasteiger partial charge in [0.2, 0.25) is 5.91 Å². The summed E-state index contributed by atoms with van der Waals surface area (Å²) in [6.07, 6.45) is 2.48. The van der Waals surface area contributed by atoms with Crippen molar-refractivity contribution in [2.45, 2.75) is 39.2 Å². The molecule has 0 unspecified atom stereocenters. The van der Waals surface area contributed by atoms with Crippen LogP contribution in [0.15, 0.2) is 24.3 Å². The van der Waals surface area contributed by atoms with Gasteiger partial charge in [-0.1, -0.05) is 0 Å². The number of ether oxygens (including phenoxy) is 1. The minimum Gasteiger partial charge on any atom is -0.493 e. The zero-order valence-electron chi connectivity index (χ0n) is 13.0. The number of hydrogen-bond donors (Lipinski definition) is 3. The van der Waals surface area contributed by atoms with Gasteiger partial charge >= 0.3 is 0 Å². The smallest absolute Gasteiger partial charge is 0.223 e. The average molecular weight is 293 g/mol. The first-order valence-electron chi connectivity index (χ1n) is 7.58. The van der Waals surface area contributed by atoms with Crippen molar-refractivity contribution >= 4 is 11.6 Å². The van der Waals surface area contributed by atoms with Crippen molar-refractivity contribution in [1.29, 1.82) is 0 Å². The highest BCUT2D eigenvalue weighted by Gasteiger charge is 2.03. The van der Waals surface area contributed by atoms with Crippen LogP contribution in [0.4, 0.5) is 5.69 Å². The summed E-state index contributed by atoms with van der Waals surface area (Å²) in [7, 11) is 0. The molecule has 0 atom stereocenters. The maximum absolute atomic E-state index is 11.5. The molecular weight excluding hydrogens is 266 g/mol. The standard InChI is InChI=1S/C16H27N3O2/c1-13(2)19-16(20)9-12-21-15-7-5-14(6-8-15)18-11-4-3-10-17/h5-8,13,18H,3-4,9-12,17H2,1-2H3,(H,19,20). The van der Waals surface area contributed by atoms with E-state index in [2.05, 4.69) is 10.6 Å². The maximum atomic E-state index is 11.5. The molecule has 0 saturated carbocycles. The van der Waals surface area contributed by atoms with Gasteiger partial charge in [-0.05, 0) is 57.5 Å². The zero-order valence-corrected chi connectivity index (χ0v) is 13.0. The molecule has 0 aromatic heterocycles. The lowest BCUT2D eigenvalue weighted by Gasteiger charge is -2.10. The Balaban J connectivity index is 2.23. The quantitative estimate of drug-likeness (QED) is 0.578. The third-order valence-electron chi connectivity index (χ3n) is 2.86. The van der Waals surface area contributed by atoms with E-state index in [1.807, 2.05) is 38.1 Å². The lowest BCUT2D eigenvalue weighted by Crippen LogP contribution is -2.31. The number of unbranched alkanes of at least 4 members (excludes halogenated alkanes) is 1. The van der Waals surface area contributed by atoms with Crippen LogP contribution in [0.1, 0.15) is 33.1 Å². The lowest BCUT2D eigenvalue weighted by molar-refractivity contribution is -0.122. The Morgan fingerprint density at radius 1 is 1.24 bits per heavy atom. The summed E-state index contributed by atoms with van der Waals surface area (Å²) in [4.78, 5) is 11.5. The second kappa shape index (κ2) is 10.0. The number of nitrogens with one attached hydrogen (secondary N) is 2. The van der Waals surface area contributed by atoms with Gasteiger partial charge in [0.25, 0.3) is 0 Å². The van der Waals surface area contributed by atoms with Crippen LogP contribution >= 0.6 is 0 Å². The molecule has 21 heavy (non-hydrogen) atoms. The highest BCUT2D eigenvalue weighted by atomic mass is 16.5. The Bertz CT molecular complexity index is 404. The van der Waals surface area contributed by atoms with Gasteiger partial charge in [-0.25, -0.2) is 0 Å². The molecule has 118 valence electrons. The Morgan fingerprint density at radius 3 is 2.57 bits per heavy atom. The number of carbonyl (C=O) groups is 1. The number of amides is 1. The SMILES string of the molecule is CC(C)NC(=O)CCOc1ccc(NCCCCN)cc1. The minimum absolute atomic E-state index is 0.0168. The van der Waals surface area contributed by atoms with Crippen LogP contribution in [0.3, 0.4) is 0 Å². The van der Waals surface area contributed by atoms with Crippen LogP contribution in [-0.4, -0.2) is 31.6 Å². The van der Waals surface area contributed by atoms with E-state index in [0.717, 1.165) is 37.4 Å². The summed E-state index contributed by atoms with van der Waals surface area (Å²) in [5.41, 5.74) is 6.52. The summed E-state index contributed by atoms with van der Waals surface area (Å²) >= 11 is 0. The van der Waals surface area contributed by atoms with E-state index in [-0.39, 0.29) is 11.9 Å². The first-order valence-corrected chi connectivity index (χ1v) is 7.58.